The van der Waals surface area contributed by atoms with Crippen molar-refractivity contribution in [1.29, 1.82) is 0 Å². The Morgan fingerprint density at radius 3 is 0.969 bits per heavy atom. The van der Waals surface area contributed by atoms with Gasteiger partial charge in [0, 0.05) is 44.9 Å². The van der Waals surface area contributed by atoms with Crippen LogP contribution in [0.3, 0.4) is 0 Å². The average molecular weight is 1260 g/mol. The van der Waals surface area contributed by atoms with Crippen LogP contribution in [0.5, 0.6) is 0 Å². The molecule has 0 N–H and O–H groups in total. The van der Waals surface area contributed by atoms with Crippen LogP contribution in [-0.2, 0) is 10.8 Å². The lowest BCUT2D eigenvalue weighted by Gasteiger charge is -2.34. The molecule has 7 heteroatoms. The van der Waals surface area contributed by atoms with Crippen molar-refractivity contribution in [1.82, 2.24) is 0 Å². The van der Waals surface area contributed by atoms with E-state index < -0.39 is 10.8 Å². The van der Waals surface area contributed by atoms with Crippen LogP contribution in [0.4, 0.5) is 51.7 Å². The third-order valence-electron chi connectivity index (χ3n) is 19.8. The minimum atomic E-state index is -0.782. The predicted molar refractivity (Wildman–Crippen MR) is 389 cm³/mol. The number of fused-ring (bicyclic) bond motifs is 9. The molecule has 2 aliphatic carbocycles. The van der Waals surface area contributed by atoms with E-state index in [9.17, 15) is 8.78 Å². The molecule has 17 rings (SSSR count). The van der Waals surface area contributed by atoms with Crippen LogP contribution in [0.25, 0.3) is 78.6 Å². The Kier molecular flexibility index (Phi) is 14.1. The first-order chi connectivity index (χ1) is 47.6. The van der Waals surface area contributed by atoms with E-state index in [0.717, 1.165) is 145 Å². The summed E-state index contributed by atoms with van der Waals surface area (Å²) >= 11 is 0. The zero-order valence-corrected chi connectivity index (χ0v) is 52.4. The summed E-state index contributed by atoms with van der Waals surface area (Å²) in [6.45, 7) is 8.06. The minimum Gasteiger partial charge on any atom is -0.456 e. The van der Waals surface area contributed by atoms with E-state index in [2.05, 4.69) is 217 Å². The van der Waals surface area contributed by atoms with Gasteiger partial charge in [-0.25, -0.2) is 17.6 Å². The van der Waals surface area contributed by atoms with Crippen LogP contribution in [0.1, 0.15) is 55.6 Å². The molecule has 97 heavy (non-hydrogen) atoms. The van der Waals surface area contributed by atoms with Gasteiger partial charge in [0.2, 0.25) is 0 Å². The van der Waals surface area contributed by atoms with E-state index in [4.69, 9.17) is 4.42 Å². The van der Waals surface area contributed by atoms with Gasteiger partial charge in [0.25, 0.3) is 0 Å². The lowest BCUT2D eigenvalue weighted by molar-refractivity contribution is 0.624. The van der Waals surface area contributed by atoms with Crippen molar-refractivity contribution in [2.45, 2.75) is 10.8 Å². The highest BCUT2D eigenvalue weighted by molar-refractivity contribution is 6.08. The predicted octanol–water partition coefficient (Wildman–Crippen LogP) is 24.4. The quantitative estimate of drug-likeness (QED) is 0.101. The summed E-state index contributed by atoms with van der Waals surface area (Å²) in [5.41, 5.74) is 23.2. The molecule has 0 radical (unpaired) electrons. The van der Waals surface area contributed by atoms with Gasteiger partial charge in [-0.2, -0.15) is 0 Å². The molecule has 2 aliphatic rings. The molecule has 14 aromatic carbocycles. The van der Waals surface area contributed by atoms with E-state index in [1.165, 1.54) is 24.3 Å². The number of hydrogen-bond donors (Lipinski definition) is 0. The van der Waals surface area contributed by atoms with Crippen molar-refractivity contribution >= 4 is 68.2 Å². The van der Waals surface area contributed by atoms with Crippen molar-refractivity contribution in [3.63, 3.8) is 0 Å². The fourth-order valence-electron chi connectivity index (χ4n) is 15.4. The van der Waals surface area contributed by atoms with Gasteiger partial charge in [-0.15, -0.1) is 0 Å². The highest BCUT2D eigenvalue weighted by atomic mass is 19.1. The minimum absolute atomic E-state index is 0.305. The zero-order valence-electron chi connectivity index (χ0n) is 52.4. The molecule has 0 fully saturated rings. The fourth-order valence-corrected chi connectivity index (χ4v) is 15.4. The second kappa shape index (κ2) is 23.3. The van der Waals surface area contributed by atoms with Gasteiger partial charge in [-0.05, 0) is 246 Å². The summed E-state index contributed by atoms with van der Waals surface area (Å²) < 4.78 is 66.5. The van der Waals surface area contributed by atoms with Gasteiger partial charge in [0.1, 0.15) is 34.4 Å². The van der Waals surface area contributed by atoms with Crippen LogP contribution in [-0.4, -0.2) is 0 Å². The second-order valence-electron chi connectivity index (χ2n) is 25.0. The fraction of sp³-hybridized carbons (Fsp3) is 0.0222. The molecule has 0 bridgehead atoms. The largest absolute Gasteiger partial charge is 0.456 e. The van der Waals surface area contributed by atoms with E-state index in [-0.39, 0.29) is 23.3 Å². The molecule has 462 valence electrons. The molecule has 0 amide bonds. The SMILES string of the molecule is C=Cc1ccc(C2(c3ccc(F)cc3)c3ccccc3-c3ccc(-c4cccc(N(c5ccc(F)cc5)c5ccc6oc7ccc(N(c8ccc(F)cc8)c8cccc(-c9ccc%10c(c9)C(c9ccc(F)cc9)(c9ccc(C=C)cc9)c9ccccc9-%10)c8)cc7c6c5)c4)cc32)cc1. The summed E-state index contributed by atoms with van der Waals surface area (Å²) in [6, 6.07) is 103. The molecule has 2 atom stereocenters. The maximum absolute atomic E-state index is 15.0. The van der Waals surface area contributed by atoms with Crippen molar-refractivity contribution < 1.29 is 22.0 Å². The Labute approximate surface area is 559 Å². The van der Waals surface area contributed by atoms with Gasteiger partial charge < -0.3 is 14.2 Å². The molecule has 0 spiro atoms. The van der Waals surface area contributed by atoms with Crippen molar-refractivity contribution in [3.05, 3.63) is 408 Å². The molecule has 15 aromatic rings. The van der Waals surface area contributed by atoms with Crippen molar-refractivity contribution in [2.24, 2.45) is 0 Å². The molecule has 1 aromatic heterocycles. The second-order valence-corrected chi connectivity index (χ2v) is 25.0. The topological polar surface area (TPSA) is 19.6 Å². The Hall–Kier alpha value is -12.3. The molecule has 3 nitrogen and oxygen atoms in total. The van der Waals surface area contributed by atoms with E-state index in [0.29, 0.717) is 11.2 Å². The van der Waals surface area contributed by atoms with Crippen LogP contribution in [0.2, 0.25) is 0 Å². The third kappa shape index (κ3) is 9.56. The van der Waals surface area contributed by atoms with Crippen LogP contribution >= 0.6 is 0 Å². The molecule has 0 saturated heterocycles. The molecular formula is C90H58F4N2O. The van der Waals surface area contributed by atoms with E-state index in [1.54, 1.807) is 48.5 Å². The number of hydrogen-bond acceptors (Lipinski definition) is 3. The zero-order chi connectivity index (χ0) is 65.5. The van der Waals surface area contributed by atoms with E-state index in [1.807, 2.05) is 60.7 Å². The summed E-state index contributed by atoms with van der Waals surface area (Å²) in [5, 5.41) is 1.70. The first-order valence-electron chi connectivity index (χ1n) is 32.3. The Balaban J connectivity index is 0.774. The first-order valence-corrected chi connectivity index (χ1v) is 32.3. The first kappa shape index (κ1) is 58.5. The lowest BCUT2D eigenvalue weighted by atomic mass is 9.67. The Bertz CT molecular complexity index is 5260. The number of nitrogens with zero attached hydrogens (tertiary/aromatic N) is 2. The number of benzene rings is 14. The standard InChI is InChI=1S/C90H58F4N2O/c1-3-57-19-25-63(26-20-57)89(65-29-33-67(91)34-30-65)83-17-7-5-15-77(83)79-47-23-61(53-85(79)89)59-11-9-13-73(51-59)95(71-41-37-69(93)38-42-71)75-45-49-87-81(55-75)82-56-76(46-50-88(82)97-87)96(72-43-39-70(94)40-44-72)74-14-10-12-60(52-74)62-24-48-80-78-16-6-8-18-84(78)90(86(80)54-62,66-31-35-68(92)36-32-66)64-27-21-58(4-2)22-28-64/h3-56H,1-2H2. The summed E-state index contributed by atoms with van der Waals surface area (Å²) in [4.78, 5) is 4.27. The smallest absolute Gasteiger partial charge is 0.135 e. The number of furan rings is 1. The average Bonchev–Trinajstić information content (AvgIpc) is 1.56. The van der Waals surface area contributed by atoms with Gasteiger partial charge in [0.15, 0.2) is 0 Å². The van der Waals surface area contributed by atoms with Gasteiger partial charge in [-0.1, -0.05) is 195 Å². The number of rotatable bonds is 14. The van der Waals surface area contributed by atoms with Crippen LogP contribution < -0.4 is 9.80 Å². The monoisotopic (exact) mass is 1260 g/mol. The molecule has 0 saturated carbocycles. The van der Waals surface area contributed by atoms with Crippen LogP contribution in [0.15, 0.2) is 333 Å². The van der Waals surface area contributed by atoms with Crippen molar-refractivity contribution in [3.8, 4) is 44.5 Å². The summed E-state index contributed by atoms with van der Waals surface area (Å²) in [7, 11) is 0. The van der Waals surface area contributed by atoms with E-state index >= 15 is 8.78 Å². The molecule has 2 unspecified atom stereocenters. The third-order valence-corrected chi connectivity index (χ3v) is 19.8. The van der Waals surface area contributed by atoms with Crippen molar-refractivity contribution in [2.75, 3.05) is 9.80 Å². The Morgan fingerprint density at radius 1 is 0.268 bits per heavy atom. The highest BCUT2D eigenvalue weighted by Gasteiger charge is 2.48. The summed E-state index contributed by atoms with van der Waals surface area (Å²) in [5.74, 6) is -1.32. The van der Waals surface area contributed by atoms with Gasteiger partial charge in [0.05, 0.1) is 10.8 Å². The highest BCUT2D eigenvalue weighted by Crippen LogP contribution is 2.59. The Morgan fingerprint density at radius 2 is 0.588 bits per heavy atom. The molecular weight excluding hydrogens is 1200 g/mol. The maximum Gasteiger partial charge on any atom is 0.135 e. The van der Waals surface area contributed by atoms with Crippen LogP contribution in [0, 0.1) is 23.3 Å². The lowest BCUT2D eigenvalue weighted by Crippen LogP contribution is -2.28. The van der Waals surface area contributed by atoms with Gasteiger partial charge in [-0.3, -0.25) is 0 Å². The number of halogens is 4. The molecule has 0 aliphatic heterocycles. The number of anilines is 6. The maximum atomic E-state index is 15.0. The summed E-state index contributed by atoms with van der Waals surface area (Å²) in [6.07, 6.45) is 3.68. The normalized spacial score (nSPS) is 15.0. The molecule has 1 heterocycles. The van der Waals surface area contributed by atoms with Gasteiger partial charge >= 0.3 is 0 Å².